The van der Waals surface area contributed by atoms with Crippen LogP contribution in [0.25, 0.3) is 11.4 Å². The lowest BCUT2D eigenvalue weighted by atomic mass is 10.1. The molecule has 0 saturated carbocycles. The van der Waals surface area contributed by atoms with E-state index in [0.29, 0.717) is 29.5 Å². The quantitative estimate of drug-likeness (QED) is 0.703. The summed E-state index contributed by atoms with van der Waals surface area (Å²) in [5.74, 6) is 1.11. The molecule has 1 atom stereocenters. The Balaban J connectivity index is 1.53. The van der Waals surface area contributed by atoms with Gasteiger partial charge in [-0.05, 0) is 55.0 Å². The van der Waals surface area contributed by atoms with Crippen molar-refractivity contribution in [2.45, 2.75) is 19.3 Å². The molecule has 7 heteroatoms. The third-order valence-corrected chi connectivity index (χ3v) is 4.72. The maximum Gasteiger partial charge on any atom is 0.232 e. The van der Waals surface area contributed by atoms with Crippen LogP contribution in [0.4, 0.5) is 10.1 Å². The minimum absolute atomic E-state index is 0.0461. The van der Waals surface area contributed by atoms with Gasteiger partial charge in [0.1, 0.15) is 11.6 Å². The van der Waals surface area contributed by atoms with E-state index in [1.807, 2.05) is 24.3 Å². The van der Waals surface area contributed by atoms with E-state index in [0.717, 1.165) is 11.3 Å². The molecule has 1 aliphatic heterocycles. The fraction of sp³-hybridized carbons (Fsp3) is 0.250. The van der Waals surface area contributed by atoms with Crippen LogP contribution in [0.2, 0.25) is 0 Å². The highest BCUT2D eigenvalue weighted by molar-refractivity contribution is 5.96. The molecular weight excluding hydrogens is 349 g/mol. The highest BCUT2D eigenvalue weighted by atomic mass is 19.1. The van der Waals surface area contributed by atoms with Gasteiger partial charge in [0.2, 0.25) is 17.6 Å². The molecule has 0 spiro atoms. The summed E-state index contributed by atoms with van der Waals surface area (Å²) in [6.45, 7) is 2.10. The molecule has 1 aliphatic rings. The lowest BCUT2D eigenvalue weighted by Crippen LogP contribution is -2.24. The van der Waals surface area contributed by atoms with Crippen LogP contribution in [0.5, 0.6) is 5.75 Å². The largest absolute Gasteiger partial charge is 0.497 e. The fourth-order valence-electron chi connectivity index (χ4n) is 3.18. The zero-order valence-electron chi connectivity index (χ0n) is 15.0. The van der Waals surface area contributed by atoms with E-state index >= 15 is 0 Å². The Kier molecular flexibility index (Phi) is 4.35. The summed E-state index contributed by atoms with van der Waals surface area (Å²) in [7, 11) is 1.60. The summed E-state index contributed by atoms with van der Waals surface area (Å²) < 4.78 is 24.0. The van der Waals surface area contributed by atoms with Crippen LogP contribution >= 0.6 is 0 Å². The predicted molar refractivity (Wildman–Crippen MR) is 97.1 cm³/mol. The minimum atomic E-state index is -0.289. The molecule has 2 aromatic carbocycles. The van der Waals surface area contributed by atoms with Crippen molar-refractivity contribution >= 4 is 11.6 Å². The third kappa shape index (κ3) is 3.28. The summed E-state index contributed by atoms with van der Waals surface area (Å²) in [6.07, 6.45) is 0.278. The average Bonchev–Trinajstić information content (AvgIpc) is 3.31. The number of halogens is 1. The van der Waals surface area contributed by atoms with E-state index in [9.17, 15) is 9.18 Å². The summed E-state index contributed by atoms with van der Waals surface area (Å²) in [4.78, 5) is 18.5. The van der Waals surface area contributed by atoms with Crippen molar-refractivity contribution in [1.82, 2.24) is 10.1 Å². The number of aryl methyl sites for hydroxylation is 1. The van der Waals surface area contributed by atoms with Crippen LogP contribution in [0.1, 0.15) is 23.8 Å². The number of amides is 1. The van der Waals surface area contributed by atoms with Gasteiger partial charge in [-0.15, -0.1) is 0 Å². The number of ether oxygens (including phenoxy) is 1. The Morgan fingerprint density at radius 1 is 1.22 bits per heavy atom. The molecule has 1 saturated heterocycles. The number of aromatic nitrogens is 2. The smallest absolute Gasteiger partial charge is 0.232 e. The highest BCUT2D eigenvalue weighted by Gasteiger charge is 2.35. The van der Waals surface area contributed by atoms with E-state index in [1.165, 1.54) is 6.07 Å². The average molecular weight is 367 g/mol. The van der Waals surface area contributed by atoms with Gasteiger partial charge in [0, 0.05) is 24.2 Å². The van der Waals surface area contributed by atoms with Crippen molar-refractivity contribution in [3.05, 3.63) is 59.7 Å². The molecule has 1 fully saturated rings. The van der Waals surface area contributed by atoms with Gasteiger partial charge in [0.15, 0.2) is 0 Å². The van der Waals surface area contributed by atoms with Crippen LogP contribution in [-0.2, 0) is 4.79 Å². The second-order valence-electron chi connectivity index (χ2n) is 6.52. The molecule has 6 nitrogen and oxygen atoms in total. The van der Waals surface area contributed by atoms with Crippen molar-refractivity contribution in [3.8, 4) is 17.1 Å². The molecular formula is C20H18FN3O3. The Bertz CT molecular complexity index is 984. The standard InChI is InChI=1S/C20H18FN3O3/c1-12-9-15(5-8-17(12)21)24-11-14(10-18(24)25)20-22-19(23-27-20)13-3-6-16(26-2)7-4-13/h3-9,14H,10-11H2,1-2H3. The molecule has 3 aromatic rings. The first kappa shape index (κ1) is 17.2. The van der Waals surface area contributed by atoms with E-state index in [-0.39, 0.29) is 24.1 Å². The molecule has 27 heavy (non-hydrogen) atoms. The van der Waals surface area contributed by atoms with E-state index in [2.05, 4.69) is 10.1 Å². The van der Waals surface area contributed by atoms with Crippen LogP contribution in [0, 0.1) is 12.7 Å². The number of benzene rings is 2. The molecule has 138 valence electrons. The topological polar surface area (TPSA) is 68.5 Å². The van der Waals surface area contributed by atoms with E-state index in [1.54, 1.807) is 31.1 Å². The SMILES string of the molecule is COc1ccc(-c2noc(C3CC(=O)N(c4ccc(F)c(C)c4)C3)n2)cc1. The molecule has 0 radical (unpaired) electrons. The zero-order chi connectivity index (χ0) is 19.0. The number of hydrogen-bond acceptors (Lipinski definition) is 5. The molecule has 0 bridgehead atoms. The van der Waals surface area contributed by atoms with Gasteiger partial charge in [-0.25, -0.2) is 4.39 Å². The van der Waals surface area contributed by atoms with Gasteiger partial charge >= 0.3 is 0 Å². The number of methoxy groups -OCH3 is 1. The van der Waals surface area contributed by atoms with Crippen molar-refractivity contribution < 1.29 is 18.4 Å². The van der Waals surface area contributed by atoms with Crippen molar-refractivity contribution in [2.75, 3.05) is 18.6 Å². The van der Waals surface area contributed by atoms with E-state index < -0.39 is 0 Å². The molecule has 0 N–H and O–H groups in total. The maximum atomic E-state index is 13.5. The number of rotatable bonds is 4. The van der Waals surface area contributed by atoms with Crippen molar-refractivity contribution in [1.29, 1.82) is 0 Å². The zero-order valence-corrected chi connectivity index (χ0v) is 15.0. The van der Waals surface area contributed by atoms with Crippen LogP contribution in [-0.4, -0.2) is 29.7 Å². The van der Waals surface area contributed by atoms with Gasteiger partial charge in [-0.1, -0.05) is 5.16 Å². The predicted octanol–water partition coefficient (Wildman–Crippen LogP) is 3.71. The number of carbonyl (C=O) groups is 1. The second-order valence-corrected chi connectivity index (χ2v) is 6.52. The normalized spacial score (nSPS) is 16.8. The van der Waals surface area contributed by atoms with Crippen LogP contribution < -0.4 is 9.64 Å². The monoisotopic (exact) mass is 367 g/mol. The Labute approximate surface area is 155 Å². The molecule has 0 aliphatic carbocycles. The van der Waals surface area contributed by atoms with Crippen LogP contribution in [0.15, 0.2) is 47.0 Å². The van der Waals surface area contributed by atoms with Crippen LogP contribution in [0.3, 0.4) is 0 Å². The summed E-state index contributed by atoms with van der Waals surface area (Å²) >= 11 is 0. The molecule has 2 heterocycles. The third-order valence-electron chi connectivity index (χ3n) is 4.72. The summed E-state index contributed by atoms with van der Waals surface area (Å²) in [6, 6.07) is 12.0. The molecule has 1 unspecified atom stereocenters. The van der Waals surface area contributed by atoms with Gasteiger partial charge in [0.05, 0.1) is 13.0 Å². The van der Waals surface area contributed by atoms with E-state index in [4.69, 9.17) is 9.26 Å². The number of nitrogens with zero attached hydrogens (tertiary/aromatic N) is 3. The number of carbonyl (C=O) groups excluding carboxylic acids is 1. The molecule has 4 rings (SSSR count). The van der Waals surface area contributed by atoms with Gasteiger partial charge in [-0.2, -0.15) is 4.98 Å². The summed E-state index contributed by atoms with van der Waals surface area (Å²) in [5.41, 5.74) is 1.99. The lowest BCUT2D eigenvalue weighted by Gasteiger charge is -2.16. The number of anilines is 1. The fourth-order valence-corrected chi connectivity index (χ4v) is 3.18. The number of hydrogen-bond donors (Lipinski definition) is 0. The van der Waals surface area contributed by atoms with Crippen molar-refractivity contribution in [3.63, 3.8) is 0 Å². The Morgan fingerprint density at radius 2 is 2.00 bits per heavy atom. The molecule has 1 amide bonds. The first-order valence-electron chi connectivity index (χ1n) is 8.59. The minimum Gasteiger partial charge on any atom is -0.497 e. The van der Waals surface area contributed by atoms with Gasteiger partial charge in [0.25, 0.3) is 0 Å². The second kappa shape index (κ2) is 6.83. The Hall–Kier alpha value is -3.22. The summed E-state index contributed by atoms with van der Waals surface area (Å²) in [5, 5.41) is 4.03. The lowest BCUT2D eigenvalue weighted by molar-refractivity contribution is -0.117. The Morgan fingerprint density at radius 3 is 2.70 bits per heavy atom. The highest BCUT2D eigenvalue weighted by Crippen LogP contribution is 2.32. The molecule has 1 aromatic heterocycles. The first-order chi connectivity index (χ1) is 13.0. The van der Waals surface area contributed by atoms with Gasteiger partial charge in [-0.3, -0.25) is 4.79 Å². The first-order valence-corrected chi connectivity index (χ1v) is 8.59. The maximum absolute atomic E-state index is 13.5. The van der Waals surface area contributed by atoms with Gasteiger partial charge < -0.3 is 14.2 Å². The van der Waals surface area contributed by atoms with Crippen molar-refractivity contribution in [2.24, 2.45) is 0 Å².